The van der Waals surface area contributed by atoms with E-state index in [9.17, 15) is 27.1 Å². The van der Waals surface area contributed by atoms with Gasteiger partial charge in [0.15, 0.2) is 17.9 Å². The molecule has 2 aromatic rings. The van der Waals surface area contributed by atoms with E-state index in [0.29, 0.717) is 0 Å². The molecule has 0 fully saturated rings. The molecule has 4 N–H and O–H groups in total. The van der Waals surface area contributed by atoms with Crippen LogP contribution >= 0.6 is 0 Å². The van der Waals surface area contributed by atoms with Gasteiger partial charge in [0.2, 0.25) is 11.9 Å². The van der Waals surface area contributed by atoms with Crippen LogP contribution in [-0.2, 0) is 6.18 Å². The highest BCUT2D eigenvalue weighted by Gasteiger charge is 2.33. The highest BCUT2D eigenvalue weighted by atomic mass is 19.4. The summed E-state index contributed by atoms with van der Waals surface area (Å²) in [6.45, 7) is 3.12. The van der Waals surface area contributed by atoms with E-state index in [0.717, 1.165) is 18.3 Å². The highest BCUT2D eigenvalue weighted by molar-refractivity contribution is 6.12. The minimum Gasteiger partial charge on any atom is -0.389 e. The summed E-state index contributed by atoms with van der Waals surface area (Å²) in [6.07, 6.45) is -4.66. The molecule has 1 aliphatic heterocycles. The van der Waals surface area contributed by atoms with Crippen molar-refractivity contribution in [1.82, 2.24) is 20.6 Å². The molecule has 1 atom stereocenters. The van der Waals surface area contributed by atoms with E-state index in [4.69, 9.17) is 0 Å². The first-order valence-corrected chi connectivity index (χ1v) is 8.92. The Morgan fingerprint density at radius 2 is 1.90 bits per heavy atom. The predicted octanol–water partition coefficient (Wildman–Crippen LogP) is 2.24. The van der Waals surface area contributed by atoms with Crippen LogP contribution in [0, 0.1) is 11.8 Å². The number of rotatable bonds is 5. The Labute approximate surface area is 173 Å². The molecule has 0 amide bonds. The minimum atomic E-state index is -4.66. The molecule has 0 aromatic carbocycles. The first-order valence-electron chi connectivity index (χ1n) is 8.92. The number of aliphatic hydroxyl groups is 1. The van der Waals surface area contributed by atoms with Crippen LogP contribution < -0.4 is 16.0 Å². The topological polar surface area (TPSA) is 107 Å². The Morgan fingerprint density at radius 3 is 2.55 bits per heavy atom. The van der Waals surface area contributed by atoms with Crippen molar-refractivity contribution in [2.45, 2.75) is 31.9 Å². The van der Waals surface area contributed by atoms with Crippen molar-refractivity contribution < 1.29 is 27.1 Å². The van der Waals surface area contributed by atoms with Crippen molar-refractivity contribution in [3.8, 4) is 0 Å². The van der Waals surface area contributed by atoms with Gasteiger partial charge in [-0.1, -0.05) is 6.07 Å². The summed E-state index contributed by atoms with van der Waals surface area (Å²) in [6, 6.07) is 4.14. The zero-order chi connectivity index (χ0) is 22.8. The van der Waals surface area contributed by atoms with Crippen molar-refractivity contribution in [2.24, 2.45) is 9.98 Å². The number of aromatic nitrogens is 2. The van der Waals surface area contributed by atoms with Crippen LogP contribution in [0.15, 0.2) is 40.4 Å². The second-order valence-corrected chi connectivity index (χ2v) is 7.17. The fourth-order valence-corrected chi connectivity index (χ4v) is 2.43. The molecule has 0 spiro atoms. The Kier molecular flexibility index (Phi) is 6.18. The molecule has 3 heterocycles. The normalized spacial score (nSPS) is 17.0. The number of halogens is 5. The molecule has 1 unspecified atom stereocenters. The summed E-state index contributed by atoms with van der Waals surface area (Å²) in [4.78, 5) is 15.2. The molecule has 0 aliphatic carbocycles. The highest BCUT2D eigenvalue weighted by Crippen LogP contribution is 2.27. The van der Waals surface area contributed by atoms with Gasteiger partial charge in [0.05, 0.1) is 17.5 Å². The fraction of sp³-hybridized carbons (Fsp3) is 0.333. The number of guanidine groups is 1. The zero-order valence-electron chi connectivity index (χ0n) is 16.3. The SMILES string of the molecule is CC(C)(O)CNC1N=C(Nc2cnc(F)c(F)c2)NC(c2cccc(C(F)(F)F)n2)=N1. The van der Waals surface area contributed by atoms with Gasteiger partial charge in [0, 0.05) is 12.6 Å². The van der Waals surface area contributed by atoms with Crippen LogP contribution in [0.3, 0.4) is 0 Å². The Morgan fingerprint density at radius 1 is 1.16 bits per heavy atom. The van der Waals surface area contributed by atoms with E-state index in [1.165, 1.54) is 26.0 Å². The monoisotopic (exact) mass is 443 g/mol. The van der Waals surface area contributed by atoms with E-state index in [1.54, 1.807) is 0 Å². The summed E-state index contributed by atoms with van der Waals surface area (Å²) in [7, 11) is 0. The number of hydrogen-bond acceptors (Lipinski definition) is 8. The molecular formula is C18H18F5N7O. The standard InChI is InChI=1S/C18H18F5N7O/c1-17(2,31)8-25-15-28-14(11-4-3-5-12(27-11)18(21,22)23)29-16(30-15)26-9-6-10(19)13(20)24-7-9/h3-7,15,25,31H,8H2,1-2H3,(H2,26,28,29,30). The number of aliphatic imine (C=N–C) groups is 2. The summed E-state index contributed by atoms with van der Waals surface area (Å²) in [5, 5.41) is 18.1. The Bertz CT molecular complexity index is 1020. The molecule has 2 aromatic heterocycles. The molecule has 1 aliphatic rings. The largest absolute Gasteiger partial charge is 0.433 e. The maximum Gasteiger partial charge on any atom is 0.433 e. The van der Waals surface area contributed by atoms with Gasteiger partial charge in [-0.3, -0.25) is 5.32 Å². The summed E-state index contributed by atoms with van der Waals surface area (Å²) in [5.74, 6) is -2.59. The van der Waals surface area contributed by atoms with Crippen molar-refractivity contribution in [3.63, 3.8) is 0 Å². The minimum absolute atomic E-state index is 0.0321. The molecule has 0 radical (unpaired) electrons. The summed E-state index contributed by atoms with van der Waals surface area (Å²) < 4.78 is 65.6. The summed E-state index contributed by atoms with van der Waals surface area (Å²) in [5.41, 5.74) is -2.33. The zero-order valence-corrected chi connectivity index (χ0v) is 16.3. The van der Waals surface area contributed by atoms with Crippen LogP contribution in [0.25, 0.3) is 0 Å². The van der Waals surface area contributed by atoms with Crippen molar-refractivity contribution in [1.29, 1.82) is 0 Å². The van der Waals surface area contributed by atoms with Crippen LogP contribution in [0.5, 0.6) is 0 Å². The van der Waals surface area contributed by atoms with Gasteiger partial charge in [-0.05, 0) is 26.0 Å². The van der Waals surface area contributed by atoms with Gasteiger partial charge >= 0.3 is 6.18 Å². The fourth-order valence-electron chi connectivity index (χ4n) is 2.43. The lowest BCUT2D eigenvalue weighted by atomic mass is 10.1. The van der Waals surface area contributed by atoms with Crippen molar-refractivity contribution in [2.75, 3.05) is 11.9 Å². The van der Waals surface area contributed by atoms with E-state index in [1.807, 2.05) is 0 Å². The molecule has 13 heteroatoms. The molecule has 31 heavy (non-hydrogen) atoms. The van der Waals surface area contributed by atoms with Crippen LogP contribution in [0.2, 0.25) is 0 Å². The lowest BCUT2D eigenvalue weighted by Gasteiger charge is -2.25. The van der Waals surface area contributed by atoms with Crippen molar-refractivity contribution >= 4 is 17.5 Å². The van der Waals surface area contributed by atoms with Gasteiger partial charge < -0.3 is 15.7 Å². The molecule has 0 saturated heterocycles. The number of hydrogen-bond donors (Lipinski definition) is 4. The molecule has 166 valence electrons. The molecule has 3 rings (SSSR count). The maximum absolute atomic E-state index is 13.4. The number of amidine groups is 1. The van der Waals surface area contributed by atoms with E-state index < -0.39 is 35.5 Å². The first-order chi connectivity index (χ1) is 14.4. The maximum atomic E-state index is 13.4. The molecule has 8 nitrogen and oxygen atoms in total. The molecule has 0 bridgehead atoms. The van der Waals surface area contributed by atoms with Gasteiger partial charge in [0.1, 0.15) is 11.4 Å². The number of alkyl halides is 3. The number of pyridine rings is 2. The van der Waals surface area contributed by atoms with Gasteiger partial charge in [-0.15, -0.1) is 0 Å². The molecule has 0 saturated carbocycles. The lowest BCUT2D eigenvalue weighted by Crippen LogP contribution is -2.47. The Balaban J connectivity index is 1.90. The molecular weight excluding hydrogens is 425 g/mol. The first kappa shape index (κ1) is 22.5. The third-order valence-electron chi connectivity index (χ3n) is 3.80. The van der Waals surface area contributed by atoms with Crippen molar-refractivity contribution in [3.05, 3.63) is 53.6 Å². The quantitative estimate of drug-likeness (QED) is 0.417. The van der Waals surface area contributed by atoms with Crippen LogP contribution in [0.4, 0.5) is 27.6 Å². The lowest BCUT2D eigenvalue weighted by molar-refractivity contribution is -0.141. The smallest absolute Gasteiger partial charge is 0.389 e. The second kappa shape index (κ2) is 8.51. The average molecular weight is 443 g/mol. The second-order valence-electron chi connectivity index (χ2n) is 7.17. The predicted molar refractivity (Wildman–Crippen MR) is 102 cm³/mol. The number of anilines is 1. The third-order valence-corrected chi connectivity index (χ3v) is 3.80. The average Bonchev–Trinajstić information content (AvgIpc) is 2.68. The van der Waals surface area contributed by atoms with Crippen LogP contribution in [0.1, 0.15) is 25.2 Å². The van der Waals surface area contributed by atoms with Gasteiger partial charge in [-0.2, -0.15) is 17.6 Å². The Hall–Kier alpha value is -3.19. The van der Waals surface area contributed by atoms with Gasteiger partial charge in [0.25, 0.3) is 0 Å². The number of nitrogens with one attached hydrogen (secondary N) is 3. The van der Waals surface area contributed by atoms with Gasteiger partial charge in [-0.25, -0.2) is 24.3 Å². The van der Waals surface area contributed by atoms with E-state index >= 15 is 0 Å². The van der Waals surface area contributed by atoms with Crippen LogP contribution in [-0.4, -0.2) is 45.3 Å². The van der Waals surface area contributed by atoms with E-state index in [2.05, 4.69) is 35.9 Å². The number of nitrogens with zero attached hydrogens (tertiary/aromatic N) is 4. The van der Waals surface area contributed by atoms with E-state index in [-0.39, 0.29) is 29.7 Å². The summed E-state index contributed by atoms with van der Waals surface area (Å²) >= 11 is 0. The third kappa shape index (κ3) is 6.15.